The average Bonchev–Trinajstić information content (AvgIpc) is 3.55. The molecule has 3 amide bonds. The lowest BCUT2D eigenvalue weighted by atomic mass is 10.2. The van der Waals surface area contributed by atoms with Crippen molar-refractivity contribution in [1.82, 2.24) is 5.32 Å². The summed E-state index contributed by atoms with van der Waals surface area (Å²) >= 11 is 4.82. The maximum atomic E-state index is 13.5. The van der Waals surface area contributed by atoms with Gasteiger partial charge in [-0.3, -0.25) is 14.4 Å². The Morgan fingerprint density at radius 3 is 2.17 bits per heavy atom. The third-order valence-corrected chi connectivity index (χ3v) is 8.44. The van der Waals surface area contributed by atoms with Gasteiger partial charge in [0.05, 0.1) is 11.9 Å². The molecule has 0 bridgehead atoms. The molecule has 0 radical (unpaired) electrons. The molecule has 5 aromatic rings. The highest BCUT2D eigenvalue weighted by Gasteiger charge is 2.18. The number of carbonyl (C=O) groups excluding carboxylic acids is 3. The van der Waals surface area contributed by atoms with Crippen molar-refractivity contribution in [3.05, 3.63) is 137 Å². The first-order valence-electron chi connectivity index (χ1n) is 14.8. The fraction of sp³-hybridized carbons (Fsp3) is 0.108. The second-order valence-corrected chi connectivity index (χ2v) is 12.6. The summed E-state index contributed by atoms with van der Waals surface area (Å²) in [6.07, 6.45) is 1.49. The number of ether oxygens (including phenoxy) is 1. The monoisotopic (exact) mass is 709 g/mol. The Balaban J connectivity index is 1.25. The van der Waals surface area contributed by atoms with Crippen molar-refractivity contribution in [2.75, 3.05) is 17.2 Å². The van der Waals surface area contributed by atoms with Gasteiger partial charge in [-0.05, 0) is 98.8 Å². The van der Waals surface area contributed by atoms with Crippen LogP contribution in [0, 0.1) is 0 Å². The third-order valence-electron chi connectivity index (χ3n) is 6.80. The van der Waals surface area contributed by atoms with Gasteiger partial charge in [0.2, 0.25) is 5.91 Å². The largest absolute Gasteiger partial charge is 0.494 e. The van der Waals surface area contributed by atoms with Gasteiger partial charge >= 0.3 is 0 Å². The number of carbonyl (C=O) groups is 3. The number of anilines is 2. The van der Waals surface area contributed by atoms with Crippen molar-refractivity contribution in [2.24, 2.45) is 0 Å². The van der Waals surface area contributed by atoms with E-state index in [0.717, 1.165) is 20.7 Å². The number of halogens is 1. The smallest absolute Gasteiger partial charge is 0.272 e. The molecule has 0 aliphatic heterocycles. The minimum absolute atomic E-state index is 0.00796. The van der Waals surface area contributed by atoms with Gasteiger partial charge in [0.1, 0.15) is 23.0 Å². The van der Waals surface area contributed by atoms with Crippen LogP contribution in [0.2, 0.25) is 0 Å². The predicted octanol–water partition coefficient (Wildman–Crippen LogP) is 8.64. The van der Waals surface area contributed by atoms with E-state index in [2.05, 4.69) is 31.9 Å². The number of hydrogen-bond acceptors (Lipinski definition) is 6. The minimum Gasteiger partial charge on any atom is -0.494 e. The van der Waals surface area contributed by atoms with E-state index in [9.17, 15) is 14.4 Å². The molecule has 4 aromatic carbocycles. The lowest BCUT2D eigenvalue weighted by molar-refractivity contribution is -0.115. The third kappa shape index (κ3) is 9.48. The lowest BCUT2D eigenvalue weighted by Gasteiger charge is -2.14. The maximum absolute atomic E-state index is 13.5. The van der Waals surface area contributed by atoms with Crippen LogP contribution in [0.5, 0.6) is 5.75 Å². The highest BCUT2D eigenvalue weighted by molar-refractivity contribution is 9.10. The molecule has 8 nitrogen and oxygen atoms in total. The molecular formula is C37H32BrN3O5S. The molecule has 47 heavy (non-hydrogen) atoms. The molecule has 0 aliphatic rings. The summed E-state index contributed by atoms with van der Waals surface area (Å²) in [4.78, 5) is 40.1. The van der Waals surface area contributed by atoms with Crippen LogP contribution in [-0.4, -0.2) is 29.6 Å². The van der Waals surface area contributed by atoms with Gasteiger partial charge in [0.25, 0.3) is 11.8 Å². The fourth-order valence-corrected chi connectivity index (χ4v) is 5.53. The first-order chi connectivity index (χ1) is 22.8. The van der Waals surface area contributed by atoms with Crippen molar-refractivity contribution < 1.29 is 23.5 Å². The number of amides is 3. The van der Waals surface area contributed by atoms with Crippen molar-refractivity contribution in [1.29, 1.82) is 0 Å². The van der Waals surface area contributed by atoms with Gasteiger partial charge < -0.3 is 25.1 Å². The average molecular weight is 711 g/mol. The molecule has 0 spiro atoms. The minimum atomic E-state index is -0.528. The molecule has 238 valence electrons. The topological polar surface area (TPSA) is 110 Å². The summed E-state index contributed by atoms with van der Waals surface area (Å²) in [6.45, 7) is 4.32. The highest BCUT2D eigenvalue weighted by Crippen LogP contribution is 2.27. The van der Waals surface area contributed by atoms with Crippen LogP contribution < -0.4 is 20.7 Å². The van der Waals surface area contributed by atoms with E-state index in [1.54, 1.807) is 60.7 Å². The highest BCUT2D eigenvalue weighted by atomic mass is 79.9. The second kappa shape index (κ2) is 16.0. The zero-order valence-electron chi connectivity index (χ0n) is 25.7. The van der Waals surface area contributed by atoms with Gasteiger partial charge in [0, 0.05) is 37.9 Å². The quantitative estimate of drug-likeness (QED) is 0.0884. The molecule has 10 heteroatoms. The van der Waals surface area contributed by atoms with E-state index in [4.69, 9.17) is 9.15 Å². The van der Waals surface area contributed by atoms with Crippen LogP contribution in [0.4, 0.5) is 11.4 Å². The standard InChI is InChI=1S/C37H32BrN3O5S/c1-3-45-30-17-13-28(14-18-30)39-35(42)24(2)47-32-20-15-29(16-21-32)40-37(44)33(41-36(43)26-7-5-4-6-8-26)23-31-19-22-34(46-31)25-9-11-27(38)12-10-25/h4-24H,3H2,1-2H3,(H,39,42)(H,40,44)(H,41,43)/b33-23-. The molecule has 1 atom stereocenters. The van der Waals surface area contributed by atoms with Crippen molar-refractivity contribution in [3.8, 4) is 17.1 Å². The summed E-state index contributed by atoms with van der Waals surface area (Å²) in [5.41, 5.74) is 2.48. The summed E-state index contributed by atoms with van der Waals surface area (Å²) in [6, 6.07) is 34.2. The molecule has 0 fully saturated rings. The molecular weight excluding hydrogens is 678 g/mol. The first-order valence-corrected chi connectivity index (χ1v) is 16.5. The summed E-state index contributed by atoms with van der Waals surface area (Å²) in [5, 5.41) is 8.12. The van der Waals surface area contributed by atoms with Gasteiger partial charge in [-0.15, -0.1) is 11.8 Å². The first kappa shape index (κ1) is 33.3. The van der Waals surface area contributed by atoms with Crippen molar-refractivity contribution in [3.63, 3.8) is 0 Å². The van der Waals surface area contributed by atoms with Crippen molar-refractivity contribution in [2.45, 2.75) is 24.0 Å². The van der Waals surface area contributed by atoms with E-state index < -0.39 is 11.8 Å². The Hall–Kier alpha value is -5.06. The Labute approximate surface area is 285 Å². The van der Waals surface area contributed by atoms with Gasteiger partial charge in [-0.1, -0.05) is 46.3 Å². The number of benzene rings is 4. The molecule has 5 rings (SSSR count). The number of rotatable bonds is 12. The molecule has 1 aromatic heterocycles. The molecule has 1 heterocycles. The molecule has 3 N–H and O–H groups in total. The summed E-state index contributed by atoms with van der Waals surface area (Å²) in [5.74, 6) is 0.657. The van der Waals surface area contributed by atoms with E-state index in [1.807, 2.05) is 68.4 Å². The fourth-order valence-electron chi connectivity index (χ4n) is 4.40. The second-order valence-electron chi connectivity index (χ2n) is 10.3. The number of hydrogen-bond donors (Lipinski definition) is 3. The lowest BCUT2D eigenvalue weighted by Crippen LogP contribution is -2.30. The molecule has 1 unspecified atom stereocenters. The zero-order chi connectivity index (χ0) is 33.2. The SMILES string of the molecule is CCOc1ccc(NC(=O)C(C)Sc2ccc(NC(=O)/C(=C/c3ccc(-c4ccc(Br)cc4)o3)NC(=O)c3ccccc3)cc2)cc1. The van der Waals surface area contributed by atoms with Crippen LogP contribution in [0.15, 0.2) is 135 Å². The van der Waals surface area contributed by atoms with Crippen LogP contribution >= 0.6 is 27.7 Å². The van der Waals surface area contributed by atoms with Crippen LogP contribution in [-0.2, 0) is 9.59 Å². The van der Waals surface area contributed by atoms with Crippen LogP contribution in [0.1, 0.15) is 30.0 Å². The molecule has 0 saturated heterocycles. The Kier molecular flexibility index (Phi) is 11.3. The van der Waals surface area contributed by atoms with Gasteiger partial charge in [-0.25, -0.2) is 0 Å². The van der Waals surface area contributed by atoms with E-state index >= 15 is 0 Å². The molecule has 0 aliphatic carbocycles. The summed E-state index contributed by atoms with van der Waals surface area (Å²) < 4.78 is 12.4. The van der Waals surface area contributed by atoms with Gasteiger partial charge in [-0.2, -0.15) is 0 Å². The van der Waals surface area contributed by atoms with E-state index in [1.165, 1.54) is 17.8 Å². The van der Waals surface area contributed by atoms with E-state index in [0.29, 0.717) is 35.1 Å². The van der Waals surface area contributed by atoms with Crippen LogP contribution in [0.25, 0.3) is 17.4 Å². The number of thioether (sulfide) groups is 1. The Bertz CT molecular complexity index is 1860. The predicted molar refractivity (Wildman–Crippen MR) is 190 cm³/mol. The maximum Gasteiger partial charge on any atom is 0.272 e. The Morgan fingerprint density at radius 1 is 0.830 bits per heavy atom. The number of nitrogens with one attached hydrogen (secondary N) is 3. The molecule has 0 saturated carbocycles. The normalized spacial score (nSPS) is 11.8. The zero-order valence-corrected chi connectivity index (χ0v) is 28.1. The van der Waals surface area contributed by atoms with Crippen molar-refractivity contribution >= 4 is 62.9 Å². The Morgan fingerprint density at radius 2 is 1.49 bits per heavy atom. The van der Waals surface area contributed by atoms with Gasteiger partial charge in [0.15, 0.2) is 0 Å². The summed E-state index contributed by atoms with van der Waals surface area (Å²) in [7, 11) is 0. The van der Waals surface area contributed by atoms with E-state index in [-0.39, 0.29) is 16.9 Å². The van der Waals surface area contributed by atoms with Crippen LogP contribution in [0.3, 0.4) is 0 Å². The number of furan rings is 1.